The van der Waals surface area contributed by atoms with Crippen molar-refractivity contribution in [3.63, 3.8) is 0 Å². The van der Waals surface area contributed by atoms with Crippen molar-refractivity contribution >= 4 is 17.7 Å². The Kier molecular flexibility index (Phi) is 5.32. The van der Waals surface area contributed by atoms with Crippen molar-refractivity contribution in [2.45, 2.75) is 52.1 Å². The maximum absolute atomic E-state index is 11.6. The molecule has 1 heterocycles. The van der Waals surface area contributed by atoms with Crippen LogP contribution in [-0.4, -0.2) is 34.7 Å². The summed E-state index contributed by atoms with van der Waals surface area (Å²) in [6, 6.07) is 0. The van der Waals surface area contributed by atoms with Gasteiger partial charge in [0.1, 0.15) is 0 Å². The topological polar surface area (TPSA) is 49.3 Å². The SMILES string of the molecule is CC(C)(C)CCCC(=O)NCC1(O)CCSC1. The maximum atomic E-state index is 11.6. The fraction of sp³-hybridized carbons (Fsp3) is 0.923. The van der Waals surface area contributed by atoms with Crippen molar-refractivity contribution in [3.05, 3.63) is 0 Å². The molecular formula is C13H25NO2S. The van der Waals surface area contributed by atoms with Crippen molar-refractivity contribution < 1.29 is 9.90 Å². The Morgan fingerprint density at radius 1 is 1.47 bits per heavy atom. The number of hydrogen-bond acceptors (Lipinski definition) is 3. The molecule has 17 heavy (non-hydrogen) atoms. The summed E-state index contributed by atoms with van der Waals surface area (Å²) in [5.74, 6) is 1.81. The molecule has 0 radical (unpaired) electrons. The van der Waals surface area contributed by atoms with Crippen LogP contribution in [0.5, 0.6) is 0 Å². The Hall–Kier alpha value is -0.220. The first kappa shape index (κ1) is 14.8. The van der Waals surface area contributed by atoms with Crippen LogP contribution in [0.4, 0.5) is 0 Å². The van der Waals surface area contributed by atoms with Crippen LogP contribution in [0, 0.1) is 5.41 Å². The average molecular weight is 259 g/mol. The van der Waals surface area contributed by atoms with Crippen LogP contribution in [0.2, 0.25) is 0 Å². The van der Waals surface area contributed by atoms with E-state index in [1.165, 1.54) is 0 Å². The first-order valence-electron chi connectivity index (χ1n) is 6.38. The number of carbonyl (C=O) groups excluding carboxylic acids is 1. The van der Waals surface area contributed by atoms with Gasteiger partial charge in [-0.3, -0.25) is 4.79 Å². The lowest BCUT2D eigenvalue weighted by atomic mass is 9.90. The molecule has 1 atom stereocenters. The van der Waals surface area contributed by atoms with Crippen LogP contribution < -0.4 is 5.32 Å². The van der Waals surface area contributed by atoms with Crippen molar-refractivity contribution in [2.75, 3.05) is 18.1 Å². The van der Waals surface area contributed by atoms with E-state index >= 15 is 0 Å². The van der Waals surface area contributed by atoms with Gasteiger partial charge in [0.05, 0.1) is 5.60 Å². The lowest BCUT2D eigenvalue weighted by Gasteiger charge is -2.22. The molecule has 3 nitrogen and oxygen atoms in total. The van der Waals surface area contributed by atoms with E-state index in [2.05, 4.69) is 26.1 Å². The minimum atomic E-state index is -0.662. The molecule has 1 fully saturated rings. The largest absolute Gasteiger partial charge is 0.387 e. The number of aliphatic hydroxyl groups is 1. The van der Waals surface area contributed by atoms with Gasteiger partial charge in [0, 0.05) is 18.7 Å². The molecule has 1 aliphatic heterocycles. The number of amides is 1. The van der Waals surface area contributed by atoms with E-state index < -0.39 is 5.60 Å². The van der Waals surface area contributed by atoms with Gasteiger partial charge in [-0.15, -0.1) is 0 Å². The van der Waals surface area contributed by atoms with Crippen molar-refractivity contribution in [1.82, 2.24) is 5.32 Å². The molecule has 100 valence electrons. The third-order valence-electron chi connectivity index (χ3n) is 3.03. The molecule has 0 saturated carbocycles. The monoisotopic (exact) mass is 259 g/mol. The summed E-state index contributed by atoms with van der Waals surface area (Å²) in [4.78, 5) is 11.6. The summed E-state index contributed by atoms with van der Waals surface area (Å²) in [5, 5.41) is 12.9. The summed E-state index contributed by atoms with van der Waals surface area (Å²) < 4.78 is 0. The molecule has 1 aliphatic rings. The lowest BCUT2D eigenvalue weighted by Crippen LogP contribution is -2.42. The van der Waals surface area contributed by atoms with E-state index in [0.717, 1.165) is 30.8 Å². The summed E-state index contributed by atoms with van der Waals surface area (Å²) in [6.45, 7) is 6.96. The van der Waals surface area contributed by atoms with E-state index in [1.54, 1.807) is 11.8 Å². The summed E-state index contributed by atoms with van der Waals surface area (Å²) in [6.07, 6.45) is 3.34. The molecule has 0 aromatic heterocycles. The zero-order chi connectivity index (χ0) is 12.9. The number of nitrogens with one attached hydrogen (secondary N) is 1. The molecule has 0 spiro atoms. The highest BCUT2D eigenvalue weighted by molar-refractivity contribution is 7.99. The standard InChI is InChI=1S/C13H25NO2S/c1-12(2,3)6-4-5-11(15)14-9-13(16)7-8-17-10-13/h16H,4-10H2,1-3H3,(H,14,15). The summed E-state index contributed by atoms with van der Waals surface area (Å²) in [7, 11) is 0. The molecule has 2 N–H and O–H groups in total. The van der Waals surface area contributed by atoms with Gasteiger partial charge in [0.15, 0.2) is 0 Å². The first-order chi connectivity index (χ1) is 7.81. The Morgan fingerprint density at radius 2 is 2.18 bits per heavy atom. The van der Waals surface area contributed by atoms with E-state index in [1.807, 2.05) is 0 Å². The normalized spacial score (nSPS) is 24.9. The minimum Gasteiger partial charge on any atom is -0.387 e. The third kappa shape index (κ3) is 6.32. The van der Waals surface area contributed by atoms with Gasteiger partial charge in [0.2, 0.25) is 5.91 Å². The average Bonchev–Trinajstić information content (AvgIpc) is 2.61. The molecule has 1 amide bonds. The molecule has 0 aliphatic carbocycles. The van der Waals surface area contributed by atoms with Crippen LogP contribution in [0.3, 0.4) is 0 Å². The molecule has 4 heteroatoms. The summed E-state index contributed by atoms with van der Waals surface area (Å²) >= 11 is 1.75. The second-order valence-corrected chi connectivity index (χ2v) is 7.32. The maximum Gasteiger partial charge on any atom is 0.220 e. The molecule has 1 rings (SSSR count). The predicted molar refractivity (Wildman–Crippen MR) is 73.2 cm³/mol. The van der Waals surface area contributed by atoms with Gasteiger partial charge in [-0.25, -0.2) is 0 Å². The minimum absolute atomic E-state index is 0.0691. The second kappa shape index (κ2) is 6.10. The first-order valence-corrected chi connectivity index (χ1v) is 7.53. The molecule has 0 aromatic rings. The number of thioether (sulfide) groups is 1. The number of rotatable bonds is 5. The third-order valence-corrected chi connectivity index (χ3v) is 4.26. The van der Waals surface area contributed by atoms with Crippen molar-refractivity contribution in [1.29, 1.82) is 0 Å². The van der Waals surface area contributed by atoms with E-state index in [4.69, 9.17) is 0 Å². The van der Waals surface area contributed by atoms with Crippen molar-refractivity contribution in [2.24, 2.45) is 5.41 Å². The van der Waals surface area contributed by atoms with Gasteiger partial charge in [-0.1, -0.05) is 20.8 Å². The van der Waals surface area contributed by atoms with Gasteiger partial charge < -0.3 is 10.4 Å². The highest BCUT2D eigenvalue weighted by Crippen LogP contribution is 2.27. The Labute approximate surface area is 109 Å². The van der Waals surface area contributed by atoms with E-state index in [-0.39, 0.29) is 5.91 Å². The summed E-state index contributed by atoms with van der Waals surface area (Å²) in [5.41, 5.74) is -0.370. The fourth-order valence-corrected chi connectivity index (χ4v) is 3.16. The van der Waals surface area contributed by atoms with Gasteiger partial charge >= 0.3 is 0 Å². The van der Waals surface area contributed by atoms with Gasteiger partial charge in [-0.05, 0) is 30.4 Å². The Balaban J connectivity index is 2.13. The zero-order valence-corrected chi connectivity index (χ0v) is 12.0. The molecule has 0 bridgehead atoms. The zero-order valence-electron chi connectivity index (χ0n) is 11.2. The highest BCUT2D eigenvalue weighted by Gasteiger charge is 2.31. The Morgan fingerprint density at radius 3 is 2.71 bits per heavy atom. The second-order valence-electron chi connectivity index (χ2n) is 6.22. The lowest BCUT2D eigenvalue weighted by molar-refractivity contribution is -0.122. The predicted octanol–water partition coefficient (Wildman–Crippen LogP) is 2.19. The Bertz CT molecular complexity index is 255. The quantitative estimate of drug-likeness (QED) is 0.795. The molecule has 0 aromatic carbocycles. The fourth-order valence-electron chi connectivity index (χ4n) is 1.87. The highest BCUT2D eigenvalue weighted by atomic mass is 32.2. The number of carbonyl (C=O) groups is 1. The van der Waals surface area contributed by atoms with E-state index in [9.17, 15) is 9.90 Å². The van der Waals surface area contributed by atoms with Crippen LogP contribution >= 0.6 is 11.8 Å². The van der Waals surface area contributed by atoms with E-state index in [0.29, 0.717) is 18.4 Å². The smallest absolute Gasteiger partial charge is 0.220 e. The van der Waals surface area contributed by atoms with Crippen LogP contribution in [0.15, 0.2) is 0 Å². The van der Waals surface area contributed by atoms with Crippen molar-refractivity contribution in [3.8, 4) is 0 Å². The van der Waals surface area contributed by atoms with Crippen LogP contribution in [-0.2, 0) is 4.79 Å². The molecule has 1 saturated heterocycles. The van der Waals surface area contributed by atoms with Crippen LogP contribution in [0.1, 0.15) is 46.5 Å². The molecule has 1 unspecified atom stereocenters. The van der Waals surface area contributed by atoms with Gasteiger partial charge in [-0.2, -0.15) is 11.8 Å². The molecular weight excluding hydrogens is 234 g/mol. The van der Waals surface area contributed by atoms with Gasteiger partial charge in [0.25, 0.3) is 0 Å². The van der Waals surface area contributed by atoms with Crippen LogP contribution in [0.25, 0.3) is 0 Å². The number of hydrogen-bond donors (Lipinski definition) is 2.